The van der Waals surface area contributed by atoms with Gasteiger partial charge in [0, 0.05) is 25.1 Å². The molecule has 0 aliphatic carbocycles. The second kappa shape index (κ2) is 9.91. The summed E-state index contributed by atoms with van der Waals surface area (Å²) in [6.45, 7) is 5.80. The fourth-order valence-corrected chi connectivity index (χ4v) is 3.82. The standard InChI is InChI=1S/C24H27FN4O3/c1-17-26-18(2)29(27-17)16-24(30)28-8-9-31-10-11-32-23-7-6-22(25)14-21(23)13-19-4-3-5-20(12-19)15-28/h3-7,12,14H,8-11,13,15-16H2,1-2H3. The number of ether oxygens (including phenoxy) is 2. The van der Waals surface area contributed by atoms with Crippen LogP contribution in [0.3, 0.4) is 0 Å². The molecule has 168 valence electrons. The Bertz CT molecular complexity index is 1100. The maximum absolute atomic E-state index is 13.9. The zero-order valence-corrected chi connectivity index (χ0v) is 18.4. The van der Waals surface area contributed by atoms with Gasteiger partial charge in [-0.3, -0.25) is 4.79 Å². The number of hydrogen-bond acceptors (Lipinski definition) is 5. The molecule has 0 radical (unpaired) electrons. The van der Waals surface area contributed by atoms with Crippen molar-refractivity contribution >= 4 is 5.91 Å². The van der Waals surface area contributed by atoms with Crippen LogP contribution in [0.15, 0.2) is 42.5 Å². The van der Waals surface area contributed by atoms with Crippen LogP contribution in [0.2, 0.25) is 0 Å². The molecule has 1 aromatic heterocycles. The van der Waals surface area contributed by atoms with E-state index in [0.29, 0.717) is 56.7 Å². The maximum atomic E-state index is 13.9. The summed E-state index contributed by atoms with van der Waals surface area (Å²) >= 11 is 0. The first-order valence-corrected chi connectivity index (χ1v) is 10.7. The number of amides is 1. The van der Waals surface area contributed by atoms with E-state index >= 15 is 0 Å². The summed E-state index contributed by atoms with van der Waals surface area (Å²) < 4.78 is 27.0. The number of halogens is 1. The third-order valence-corrected chi connectivity index (χ3v) is 5.37. The molecule has 0 saturated carbocycles. The van der Waals surface area contributed by atoms with E-state index in [1.165, 1.54) is 12.1 Å². The molecule has 0 saturated heterocycles. The van der Waals surface area contributed by atoms with Gasteiger partial charge < -0.3 is 14.4 Å². The van der Waals surface area contributed by atoms with Crippen molar-refractivity contribution in [3.63, 3.8) is 0 Å². The Hall–Kier alpha value is -3.26. The molecule has 1 aliphatic heterocycles. The molecule has 0 N–H and O–H groups in total. The minimum atomic E-state index is -0.295. The first-order chi connectivity index (χ1) is 15.5. The molecule has 2 bridgehead atoms. The third kappa shape index (κ3) is 5.50. The van der Waals surface area contributed by atoms with Crippen molar-refractivity contribution in [3.05, 3.63) is 76.6 Å². The Kier molecular flexibility index (Phi) is 6.80. The second-order valence-electron chi connectivity index (χ2n) is 7.89. The molecule has 0 atom stereocenters. The van der Waals surface area contributed by atoms with E-state index in [9.17, 15) is 9.18 Å². The average Bonchev–Trinajstić information content (AvgIpc) is 3.07. The van der Waals surface area contributed by atoms with Crippen molar-refractivity contribution in [2.75, 3.05) is 26.4 Å². The number of rotatable bonds is 2. The molecular weight excluding hydrogens is 411 g/mol. The van der Waals surface area contributed by atoms with Crippen molar-refractivity contribution in [2.24, 2.45) is 0 Å². The van der Waals surface area contributed by atoms with Crippen molar-refractivity contribution in [3.8, 4) is 5.75 Å². The first kappa shape index (κ1) is 22.0. The number of nitrogens with zero attached hydrogens (tertiary/aromatic N) is 4. The minimum absolute atomic E-state index is 0.0530. The predicted octanol–water partition coefficient (Wildman–Crippen LogP) is 3.06. The van der Waals surface area contributed by atoms with Crippen molar-refractivity contribution in [1.82, 2.24) is 19.7 Å². The van der Waals surface area contributed by atoms with Gasteiger partial charge in [0.15, 0.2) is 0 Å². The highest BCUT2D eigenvalue weighted by Gasteiger charge is 2.18. The number of aryl methyl sites for hydroxylation is 2. The lowest BCUT2D eigenvalue weighted by molar-refractivity contribution is -0.133. The highest BCUT2D eigenvalue weighted by Crippen LogP contribution is 2.24. The summed E-state index contributed by atoms with van der Waals surface area (Å²) in [5, 5.41) is 4.30. The van der Waals surface area contributed by atoms with E-state index in [1.54, 1.807) is 22.6 Å². The van der Waals surface area contributed by atoms with Crippen LogP contribution in [-0.4, -0.2) is 51.9 Å². The molecular formula is C24H27FN4O3. The number of hydrogen-bond donors (Lipinski definition) is 0. The normalized spacial score (nSPS) is 14.9. The van der Waals surface area contributed by atoms with Gasteiger partial charge >= 0.3 is 0 Å². The van der Waals surface area contributed by atoms with Gasteiger partial charge in [-0.05, 0) is 43.2 Å². The van der Waals surface area contributed by atoms with Crippen LogP contribution in [0.4, 0.5) is 4.39 Å². The Morgan fingerprint density at radius 1 is 1.09 bits per heavy atom. The van der Waals surface area contributed by atoms with Gasteiger partial charge in [0.1, 0.15) is 36.4 Å². The average molecular weight is 439 g/mol. The monoisotopic (exact) mass is 438 g/mol. The maximum Gasteiger partial charge on any atom is 0.244 e. The van der Waals surface area contributed by atoms with Gasteiger partial charge in [0.2, 0.25) is 5.91 Å². The van der Waals surface area contributed by atoms with Gasteiger partial charge in [-0.15, -0.1) is 0 Å². The zero-order valence-electron chi connectivity index (χ0n) is 18.4. The SMILES string of the molecule is Cc1nc(C)n(CC(=O)N2CCOCCOc3ccc(F)cc3Cc3cccc(c3)C2)n1. The van der Waals surface area contributed by atoms with Gasteiger partial charge in [-0.25, -0.2) is 14.1 Å². The molecule has 7 nitrogen and oxygen atoms in total. The summed E-state index contributed by atoms with van der Waals surface area (Å²) in [4.78, 5) is 19.1. The van der Waals surface area contributed by atoms with E-state index < -0.39 is 0 Å². The van der Waals surface area contributed by atoms with E-state index in [2.05, 4.69) is 10.1 Å². The fraction of sp³-hybridized carbons (Fsp3) is 0.375. The van der Waals surface area contributed by atoms with Crippen molar-refractivity contribution in [2.45, 2.75) is 33.4 Å². The van der Waals surface area contributed by atoms with Crippen molar-refractivity contribution in [1.29, 1.82) is 0 Å². The molecule has 3 aromatic rings. The Balaban J connectivity index is 1.57. The first-order valence-electron chi connectivity index (χ1n) is 10.7. The molecule has 2 aromatic carbocycles. The second-order valence-corrected chi connectivity index (χ2v) is 7.89. The number of carbonyl (C=O) groups is 1. The highest BCUT2D eigenvalue weighted by molar-refractivity contribution is 5.76. The van der Waals surface area contributed by atoms with E-state index in [0.717, 1.165) is 16.7 Å². The number of carbonyl (C=O) groups excluding carboxylic acids is 1. The van der Waals surface area contributed by atoms with Crippen LogP contribution in [0.25, 0.3) is 0 Å². The van der Waals surface area contributed by atoms with Gasteiger partial charge in [-0.2, -0.15) is 5.10 Å². The van der Waals surface area contributed by atoms with Gasteiger partial charge in [0.05, 0.1) is 13.2 Å². The summed E-state index contributed by atoms with van der Waals surface area (Å²) in [5.74, 6) is 1.66. The highest BCUT2D eigenvalue weighted by atomic mass is 19.1. The van der Waals surface area contributed by atoms with Crippen LogP contribution in [0, 0.1) is 19.7 Å². The molecule has 32 heavy (non-hydrogen) atoms. The molecule has 0 unspecified atom stereocenters. The van der Waals surface area contributed by atoms with E-state index in [1.807, 2.05) is 31.2 Å². The van der Waals surface area contributed by atoms with Crippen LogP contribution in [0.1, 0.15) is 28.3 Å². The molecule has 0 spiro atoms. The van der Waals surface area contributed by atoms with Crippen LogP contribution in [0.5, 0.6) is 5.75 Å². The summed E-state index contributed by atoms with van der Waals surface area (Å²) in [6.07, 6.45) is 0.535. The predicted molar refractivity (Wildman–Crippen MR) is 117 cm³/mol. The molecule has 2 heterocycles. The quantitative estimate of drug-likeness (QED) is 0.615. The summed E-state index contributed by atoms with van der Waals surface area (Å²) in [5.41, 5.74) is 2.81. The lowest BCUT2D eigenvalue weighted by atomic mass is 10.0. The van der Waals surface area contributed by atoms with Crippen LogP contribution in [-0.2, 0) is 29.0 Å². The van der Waals surface area contributed by atoms with Crippen molar-refractivity contribution < 1.29 is 18.7 Å². The van der Waals surface area contributed by atoms with Gasteiger partial charge in [-0.1, -0.05) is 24.3 Å². The summed E-state index contributed by atoms with van der Waals surface area (Å²) in [7, 11) is 0. The number of benzene rings is 2. The van der Waals surface area contributed by atoms with E-state index in [-0.39, 0.29) is 18.3 Å². The van der Waals surface area contributed by atoms with E-state index in [4.69, 9.17) is 9.47 Å². The topological polar surface area (TPSA) is 69.5 Å². The minimum Gasteiger partial charge on any atom is -0.491 e. The number of aromatic nitrogens is 3. The third-order valence-electron chi connectivity index (χ3n) is 5.37. The number of fused-ring (bicyclic) bond motifs is 3. The Morgan fingerprint density at radius 3 is 2.75 bits per heavy atom. The lowest BCUT2D eigenvalue weighted by Crippen LogP contribution is -2.36. The molecule has 1 amide bonds. The molecule has 1 aliphatic rings. The fourth-order valence-electron chi connectivity index (χ4n) is 3.82. The Morgan fingerprint density at radius 2 is 1.94 bits per heavy atom. The van der Waals surface area contributed by atoms with Crippen LogP contribution < -0.4 is 4.74 Å². The van der Waals surface area contributed by atoms with Gasteiger partial charge in [0.25, 0.3) is 0 Å². The smallest absolute Gasteiger partial charge is 0.244 e. The lowest BCUT2D eigenvalue weighted by Gasteiger charge is -2.24. The zero-order chi connectivity index (χ0) is 22.5. The summed E-state index contributed by atoms with van der Waals surface area (Å²) in [6, 6.07) is 12.6. The largest absolute Gasteiger partial charge is 0.491 e. The molecule has 0 fully saturated rings. The molecule has 8 heteroatoms. The Labute approximate surface area is 186 Å². The molecule has 4 rings (SSSR count). The van der Waals surface area contributed by atoms with Crippen LogP contribution >= 0.6 is 0 Å².